The van der Waals surface area contributed by atoms with Gasteiger partial charge >= 0.3 is 0 Å². The molecular weight excluding hydrogens is 452 g/mol. The number of aromatic nitrogens is 3. The van der Waals surface area contributed by atoms with Crippen LogP contribution in [-0.2, 0) is 6.42 Å². The second-order valence-electron chi connectivity index (χ2n) is 8.00. The number of aryl methyl sites for hydroxylation is 1. The summed E-state index contributed by atoms with van der Waals surface area (Å²) in [7, 11) is 0. The number of carbonyl (C=O) groups is 1. The monoisotopic (exact) mass is 470 g/mol. The number of para-hydroxylation sites is 2. The molecule has 0 N–H and O–H groups in total. The summed E-state index contributed by atoms with van der Waals surface area (Å²) in [5.74, 6) is -6.45. The molecule has 0 bridgehead atoms. The number of benzene rings is 2. The van der Waals surface area contributed by atoms with Gasteiger partial charge < -0.3 is 9.32 Å². The Morgan fingerprint density at radius 3 is 2.62 bits per heavy atom. The largest absolute Gasteiger partial charge is 0.441 e. The van der Waals surface area contributed by atoms with E-state index in [1.165, 1.54) is 18.5 Å². The number of likely N-dealkylation sites (tertiary alicyclic amines) is 1. The van der Waals surface area contributed by atoms with E-state index in [4.69, 9.17) is 4.42 Å². The SMILES string of the molecule is O=C(c1ccc(F)c(F)c1-c1ncccn1)N1CCC(F)(F)[C@H]1CCc1nc2ccccc2o1. The predicted octanol–water partition coefficient (Wildman–Crippen LogP) is 5.05. The molecule has 0 radical (unpaired) electrons. The van der Waals surface area contributed by atoms with Gasteiger partial charge in [0.2, 0.25) is 0 Å². The van der Waals surface area contributed by atoms with Crippen molar-refractivity contribution in [3.8, 4) is 11.4 Å². The average molecular weight is 470 g/mol. The number of alkyl halides is 2. The minimum atomic E-state index is -3.16. The summed E-state index contributed by atoms with van der Waals surface area (Å²) >= 11 is 0. The van der Waals surface area contributed by atoms with Crippen molar-refractivity contribution < 1.29 is 26.8 Å². The maximum absolute atomic E-state index is 14.8. The minimum absolute atomic E-state index is 0.0746. The first-order valence-electron chi connectivity index (χ1n) is 10.6. The third kappa shape index (κ3) is 3.89. The smallest absolute Gasteiger partial charge is 0.269 e. The molecule has 0 saturated carbocycles. The number of oxazole rings is 1. The molecule has 2 aromatic carbocycles. The van der Waals surface area contributed by atoms with Gasteiger partial charge in [-0.25, -0.2) is 32.5 Å². The van der Waals surface area contributed by atoms with Crippen molar-refractivity contribution in [3.63, 3.8) is 0 Å². The summed E-state index contributed by atoms with van der Waals surface area (Å²) in [4.78, 5) is 26.5. The summed E-state index contributed by atoms with van der Waals surface area (Å²) in [6, 6.07) is 8.91. The van der Waals surface area contributed by atoms with E-state index in [2.05, 4.69) is 15.0 Å². The highest BCUT2D eigenvalue weighted by atomic mass is 19.3. The summed E-state index contributed by atoms with van der Waals surface area (Å²) in [6.45, 7) is -0.238. The standard InChI is InChI=1S/C24H18F4N4O2/c25-15-7-6-14(20(21(15)26)22-29-11-3-12-30-22)23(33)32-13-10-24(27,28)18(32)8-9-19-31-16-4-1-2-5-17(16)34-19/h1-7,11-12,18H,8-10,13H2/t18-/m1/s1. The van der Waals surface area contributed by atoms with Crippen LogP contribution in [0, 0.1) is 11.6 Å². The van der Waals surface area contributed by atoms with Gasteiger partial charge in [-0.2, -0.15) is 0 Å². The lowest BCUT2D eigenvalue weighted by atomic mass is 10.0. The van der Waals surface area contributed by atoms with Crippen LogP contribution in [0.3, 0.4) is 0 Å². The van der Waals surface area contributed by atoms with Gasteiger partial charge in [-0.3, -0.25) is 4.79 Å². The number of hydrogen-bond acceptors (Lipinski definition) is 5. The van der Waals surface area contributed by atoms with E-state index >= 15 is 0 Å². The molecule has 34 heavy (non-hydrogen) atoms. The first kappa shape index (κ1) is 22.0. The van der Waals surface area contributed by atoms with Gasteiger partial charge in [0.05, 0.1) is 17.2 Å². The number of fused-ring (bicyclic) bond motifs is 1. The maximum atomic E-state index is 14.8. The van der Waals surface area contributed by atoms with E-state index < -0.39 is 41.5 Å². The molecule has 4 aromatic rings. The first-order valence-corrected chi connectivity index (χ1v) is 10.6. The molecule has 1 saturated heterocycles. The molecule has 1 aliphatic heterocycles. The lowest BCUT2D eigenvalue weighted by molar-refractivity contribution is -0.0323. The molecule has 5 rings (SSSR count). The molecule has 1 amide bonds. The van der Waals surface area contributed by atoms with Gasteiger partial charge in [0.15, 0.2) is 28.9 Å². The van der Waals surface area contributed by atoms with Crippen LogP contribution in [-0.4, -0.2) is 44.3 Å². The first-order chi connectivity index (χ1) is 16.3. The number of carbonyl (C=O) groups excluding carboxylic acids is 1. The van der Waals surface area contributed by atoms with Crippen molar-refractivity contribution in [1.29, 1.82) is 0 Å². The molecule has 174 valence electrons. The third-order valence-electron chi connectivity index (χ3n) is 5.90. The van der Waals surface area contributed by atoms with E-state index in [0.717, 1.165) is 17.0 Å². The highest BCUT2D eigenvalue weighted by molar-refractivity contribution is 6.00. The Labute approximate surface area is 191 Å². The van der Waals surface area contributed by atoms with Crippen molar-refractivity contribution in [1.82, 2.24) is 19.9 Å². The fourth-order valence-electron chi connectivity index (χ4n) is 4.25. The van der Waals surface area contributed by atoms with Crippen LogP contribution in [0.2, 0.25) is 0 Å². The highest BCUT2D eigenvalue weighted by Gasteiger charge is 2.50. The summed E-state index contributed by atoms with van der Waals surface area (Å²) in [5.41, 5.74) is 0.406. The molecular formula is C24H18F4N4O2. The number of amides is 1. The van der Waals surface area contributed by atoms with Crippen LogP contribution >= 0.6 is 0 Å². The van der Waals surface area contributed by atoms with Crippen molar-refractivity contribution in [2.75, 3.05) is 6.54 Å². The van der Waals surface area contributed by atoms with Gasteiger partial charge in [0.1, 0.15) is 5.52 Å². The minimum Gasteiger partial charge on any atom is -0.441 e. The molecule has 6 nitrogen and oxygen atoms in total. The molecule has 3 heterocycles. The van der Waals surface area contributed by atoms with E-state index in [0.29, 0.717) is 11.1 Å². The van der Waals surface area contributed by atoms with Crippen molar-refractivity contribution in [2.45, 2.75) is 31.2 Å². The number of halogens is 4. The Morgan fingerprint density at radius 1 is 1.09 bits per heavy atom. The zero-order valence-corrected chi connectivity index (χ0v) is 17.7. The number of hydrogen-bond donors (Lipinski definition) is 0. The van der Waals surface area contributed by atoms with Gasteiger partial charge in [-0.05, 0) is 36.8 Å². The molecule has 1 fully saturated rings. The molecule has 0 aliphatic carbocycles. The van der Waals surface area contributed by atoms with E-state index in [9.17, 15) is 22.4 Å². The van der Waals surface area contributed by atoms with E-state index in [-0.39, 0.29) is 36.7 Å². The van der Waals surface area contributed by atoms with Gasteiger partial charge in [0.25, 0.3) is 11.8 Å². The van der Waals surface area contributed by atoms with Gasteiger partial charge in [0, 0.05) is 31.8 Å². The van der Waals surface area contributed by atoms with Crippen LogP contribution in [0.5, 0.6) is 0 Å². The Kier molecular flexibility index (Phi) is 5.51. The topological polar surface area (TPSA) is 72.1 Å². The van der Waals surface area contributed by atoms with E-state index in [1.54, 1.807) is 24.3 Å². The van der Waals surface area contributed by atoms with Crippen LogP contribution in [0.25, 0.3) is 22.5 Å². The quantitative estimate of drug-likeness (QED) is 0.382. The maximum Gasteiger partial charge on any atom is 0.269 e. The Morgan fingerprint density at radius 2 is 1.85 bits per heavy atom. The zero-order chi connectivity index (χ0) is 23.9. The molecule has 10 heteroatoms. The van der Waals surface area contributed by atoms with Crippen LogP contribution in [0.15, 0.2) is 59.3 Å². The van der Waals surface area contributed by atoms with Gasteiger partial charge in [-0.1, -0.05) is 12.1 Å². The lowest BCUT2D eigenvalue weighted by Crippen LogP contribution is -2.43. The fraction of sp³-hybridized carbons (Fsp3) is 0.250. The molecule has 1 atom stereocenters. The Bertz CT molecular complexity index is 1330. The van der Waals surface area contributed by atoms with Crippen molar-refractivity contribution in [3.05, 3.63) is 77.9 Å². The molecule has 2 aromatic heterocycles. The highest BCUT2D eigenvalue weighted by Crippen LogP contribution is 2.38. The van der Waals surface area contributed by atoms with Crippen molar-refractivity contribution >= 4 is 17.0 Å². The summed E-state index contributed by atoms with van der Waals surface area (Å²) in [6.07, 6.45) is 2.04. The van der Waals surface area contributed by atoms with Crippen molar-refractivity contribution in [2.24, 2.45) is 0 Å². The van der Waals surface area contributed by atoms with E-state index in [1.807, 2.05) is 0 Å². The normalized spacial score (nSPS) is 17.4. The predicted molar refractivity (Wildman–Crippen MR) is 114 cm³/mol. The second-order valence-corrected chi connectivity index (χ2v) is 8.00. The molecule has 1 aliphatic rings. The number of rotatable bonds is 5. The average Bonchev–Trinajstić information content (AvgIpc) is 3.38. The van der Waals surface area contributed by atoms with Crippen LogP contribution in [0.1, 0.15) is 29.1 Å². The van der Waals surface area contributed by atoms with Crippen LogP contribution in [0.4, 0.5) is 17.6 Å². The zero-order valence-electron chi connectivity index (χ0n) is 17.7. The second kappa shape index (κ2) is 8.51. The lowest BCUT2D eigenvalue weighted by Gasteiger charge is -2.28. The third-order valence-corrected chi connectivity index (χ3v) is 5.90. The summed E-state index contributed by atoms with van der Waals surface area (Å²) < 4.78 is 63.9. The van der Waals surface area contributed by atoms with Gasteiger partial charge in [-0.15, -0.1) is 0 Å². The molecule has 0 unspecified atom stereocenters. The number of nitrogens with zero attached hydrogens (tertiary/aromatic N) is 4. The Hall–Kier alpha value is -3.82. The molecule has 0 spiro atoms. The summed E-state index contributed by atoms with van der Waals surface area (Å²) in [5, 5.41) is 0. The fourth-order valence-corrected chi connectivity index (χ4v) is 4.25. The van der Waals surface area contributed by atoms with Crippen LogP contribution < -0.4 is 0 Å². The Balaban J connectivity index is 1.45.